The van der Waals surface area contributed by atoms with Gasteiger partial charge in [0, 0.05) is 24.2 Å². The molecular weight excluding hydrogens is 310 g/mol. The summed E-state index contributed by atoms with van der Waals surface area (Å²) in [6.07, 6.45) is 0.560. The molecule has 3 rings (SSSR count). The molecule has 0 saturated carbocycles. The Morgan fingerprint density at radius 2 is 1.75 bits per heavy atom. The molecule has 2 aromatic rings. The van der Waals surface area contributed by atoms with Crippen LogP contribution in [0.4, 0.5) is 8.78 Å². The van der Waals surface area contributed by atoms with Crippen LogP contribution in [0.5, 0.6) is 0 Å². The van der Waals surface area contributed by atoms with E-state index in [0.717, 1.165) is 18.2 Å². The number of carbonyl (C=O) groups is 1. The van der Waals surface area contributed by atoms with Gasteiger partial charge in [-0.15, -0.1) is 0 Å². The standard InChI is InChI=1S/C19H16F2N2O/c20-15-6-7-17(21)16(12-15)19(13-22)8-10-23(11-9-19)18(24)14-4-2-1-3-5-14/h1-7,12H,8-11H2. The molecular formula is C19H16F2N2O. The van der Waals surface area contributed by atoms with E-state index in [1.165, 1.54) is 0 Å². The molecule has 0 radical (unpaired) electrons. The number of hydrogen-bond donors (Lipinski definition) is 0. The molecule has 0 atom stereocenters. The summed E-state index contributed by atoms with van der Waals surface area (Å²) in [5, 5.41) is 9.61. The summed E-state index contributed by atoms with van der Waals surface area (Å²) >= 11 is 0. The van der Waals surface area contributed by atoms with E-state index < -0.39 is 17.0 Å². The van der Waals surface area contributed by atoms with E-state index in [1.54, 1.807) is 29.2 Å². The van der Waals surface area contributed by atoms with Crippen LogP contribution >= 0.6 is 0 Å². The molecule has 0 aromatic heterocycles. The Balaban J connectivity index is 1.81. The van der Waals surface area contributed by atoms with Crippen molar-refractivity contribution >= 4 is 5.91 Å². The van der Waals surface area contributed by atoms with Crippen molar-refractivity contribution in [3.63, 3.8) is 0 Å². The minimum Gasteiger partial charge on any atom is -0.339 e. The molecule has 24 heavy (non-hydrogen) atoms. The van der Waals surface area contributed by atoms with Crippen molar-refractivity contribution < 1.29 is 13.6 Å². The number of rotatable bonds is 2. The molecule has 0 N–H and O–H groups in total. The fraction of sp³-hybridized carbons (Fsp3) is 0.263. The molecule has 0 aliphatic carbocycles. The number of nitrogens with zero attached hydrogens (tertiary/aromatic N) is 2. The Morgan fingerprint density at radius 1 is 1.08 bits per heavy atom. The number of halogens is 2. The monoisotopic (exact) mass is 326 g/mol. The first-order valence-corrected chi connectivity index (χ1v) is 7.77. The van der Waals surface area contributed by atoms with Crippen LogP contribution in [0.1, 0.15) is 28.8 Å². The van der Waals surface area contributed by atoms with Gasteiger partial charge in [0.2, 0.25) is 0 Å². The third-order valence-electron chi connectivity index (χ3n) is 4.58. The number of nitriles is 1. The first kappa shape index (κ1) is 16.1. The average molecular weight is 326 g/mol. The third-order valence-corrected chi connectivity index (χ3v) is 4.58. The van der Waals surface area contributed by atoms with E-state index in [0.29, 0.717) is 18.7 Å². The van der Waals surface area contributed by atoms with E-state index in [1.807, 2.05) is 6.07 Å². The van der Waals surface area contributed by atoms with Gasteiger partial charge < -0.3 is 4.90 Å². The predicted octanol–water partition coefficient (Wildman–Crippen LogP) is 3.66. The van der Waals surface area contributed by atoms with Gasteiger partial charge in [0.1, 0.15) is 11.6 Å². The van der Waals surface area contributed by atoms with Gasteiger partial charge in [0.15, 0.2) is 0 Å². The maximum atomic E-state index is 14.1. The Bertz CT molecular complexity index is 791. The van der Waals surface area contributed by atoms with Gasteiger partial charge >= 0.3 is 0 Å². The topological polar surface area (TPSA) is 44.1 Å². The fourth-order valence-corrected chi connectivity index (χ4v) is 3.16. The minimum atomic E-state index is -1.10. The molecule has 1 aliphatic rings. The molecule has 0 spiro atoms. The lowest BCUT2D eigenvalue weighted by Gasteiger charge is -2.37. The molecule has 1 heterocycles. The molecule has 5 heteroatoms. The normalized spacial score (nSPS) is 16.5. The zero-order valence-electron chi connectivity index (χ0n) is 13.0. The molecule has 122 valence electrons. The van der Waals surface area contributed by atoms with Crippen LogP contribution in [0.2, 0.25) is 0 Å². The van der Waals surface area contributed by atoms with Crippen LogP contribution in [-0.4, -0.2) is 23.9 Å². The first-order valence-electron chi connectivity index (χ1n) is 7.77. The number of piperidine rings is 1. The number of hydrogen-bond acceptors (Lipinski definition) is 2. The van der Waals surface area contributed by atoms with Gasteiger partial charge in [-0.3, -0.25) is 4.79 Å². The summed E-state index contributed by atoms with van der Waals surface area (Å²) in [7, 11) is 0. The maximum Gasteiger partial charge on any atom is 0.253 e. The summed E-state index contributed by atoms with van der Waals surface area (Å²) in [5.41, 5.74) is -0.435. The summed E-state index contributed by atoms with van der Waals surface area (Å²) in [5.74, 6) is -1.26. The van der Waals surface area contributed by atoms with E-state index >= 15 is 0 Å². The largest absolute Gasteiger partial charge is 0.339 e. The summed E-state index contributed by atoms with van der Waals surface area (Å²) in [6, 6.07) is 14.2. The highest BCUT2D eigenvalue weighted by Crippen LogP contribution is 2.37. The van der Waals surface area contributed by atoms with Crippen molar-refractivity contribution in [2.24, 2.45) is 0 Å². The summed E-state index contributed by atoms with van der Waals surface area (Å²) in [6.45, 7) is 0.661. The van der Waals surface area contributed by atoms with Gasteiger partial charge in [0.05, 0.1) is 11.5 Å². The zero-order valence-corrected chi connectivity index (χ0v) is 13.0. The van der Waals surface area contributed by atoms with E-state index in [2.05, 4.69) is 6.07 Å². The predicted molar refractivity (Wildman–Crippen MR) is 85.2 cm³/mol. The second kappa shape index (κ2) is 6.40. The first-order chi connectivity index (χ1) is 11.6. The Labute approximate surface area is 139 Å². The van der Waals surface area contributed by atoms with Crippen LogP contribution in [0.3, 0.4) is 0 Å². The minimum absolute atomic E-state index is 0.0804. The summed E-state index contributed by atoms with van der Waals surface area (Å²) < 4.78 is 27.6. The number of benzene rings is 2. The van der Waals surface area contributed by atoms with Crippen molar-refractivity contribution in [3.05, 3.63) is 71.3 Å². The Hall–Kier alpha value is -2.74. The second-order valence-electron chi connectivity index (χ2n) is 5.98. The number of amides is 1. The SMILES string of the molecule is N#CC1(c2cc(F)ccc2F)CCN(C(=O)c2ccccc2)CC1. The van der Waals surface area contributed by atoms with Crippen molar-refractivity contribution in [2.45, 2.75) is 18.3 Å². The van der Waals surface area contributed by atoms with Crippen LogP contribution in [0.15, 0.2) is 48.5 Å². The summed E-state index contributed by atoms with van der Waals surface area (Å²) in [4.78, 5) is 14.1. The van der Waals surface area contributed by atoms with Crippen LogP contribution < -0.4 is 0 Å². The van der Waals surface area contributed by atoms with Gasteiger partial charge in [-0.05, 0) is 43.2 Å². The Kier molecular flexibility index (Phi) is 4.30. The lowest BCUT2D eigenvalue weighted by atomic mass is 9.73. The fourth-order valence-electron chi connectivity index (χ4n) is 3.16. The van der Waals surface area contributed by atoms with Crippen molar-refractivity contribution in [1.29, 1.82) is 5.26 Å². The van der Waals surface area contributed by atoms with E-state index in [9.17, 15) is 18.8 Å². The quantitative estimate of drug-likeness (QED) is 0.845. The molecule has 1 amide bonds. The molecule has 3 nitrogen and oxygen atoms in total. The number of carbonyl (C=O) groups excluding carboxylic acids is 1. The molecule has 1 fully saturated rings. The number of likely N-dealkylation sites (tertiary alicyclic amines) is 1. The highest BCUT2D eigenvalue weighted by atomic mass is 19.1. The van der Waals surface area contributed by atoms with Crippen molar-refractivity contribution in [1.82, 2.24) is 4.90 Å². The molecule has 0 bridgehead atoms. The average Bonchev–Trinajstić information content (AvgIpc) is 2.64. The van der Waals surface area contributed by atoms with Gasteiger partial charge in [-0.1, -0.05) is 18.2 Å². The second-order valence-corrected chi connectivity index (χ2v) is 5.98. The zero-order chi connectivity index (χ0) is 17.2. The van der Waals surface area contributed by atoms with Crippen molar-refractivity contribution in [3.8, 4) is 6.07 Å². The Morgan fingerprint density at radius 3 is 2.38 bits per heavy atom. The molecule has 0 unspecified atom stereocenters. The van der Waals surface area contributed by atoms with Crippen LogP contribution in [0, 0.1) is 23.0 Å². The van der Waals surface area contributed by atoms with E-state index in [-0.39, 0.29) is 24.3 Å². The molecule has 2 aromatic carbocycles. The highest BCUT2D eigenvalue weighted by Gasteiger charge is 2.40. The smallest absolute Gasteiger partial charge is 0.253 e. The molecule has 1 aliphatic heterocycles. The van der Waals surface area contributed by atoms with Gasteiger partial charge in [-0.25, -0.2) is 8.78 Å². The van der Waals surface area contributed by atoms with Gasteiger partial charge in [-0.2, -0.15) is 5.26 Å². The van der Waals surface area contributed by atoms with Crippen LogP contribution in [0.25, 0.3) is 0 Å². The van der Waals surface area contributed by atoms with Crippen LogP contribution in [-0.2, 0) is 5.41 Å². The van der Waals surface area contributed by atoms with E-state index in [4.69, 9.17) is 0 Å². The maximum absolute atomic E-state index is 14.1. The van der Waals surface area contributed by atoms with Gasteiger partial charge in [0.25, 0.3) is 5.91 Å². The molecule has 1 saturated heterocycles. The highest BCUT2D eigenvalue weighted by molar-refractivity contribution is 5.94. The third kappa shape index (κ3) is 2.88. The lowest BCUT2D eigenvalue weighted by molar-refractivity contribution is 0.0690. The van der Waals surface area contributed by atoms with Crippen molar-refractivity contribution in [2.75, 3.05) is 13.1 Å². The lowest BCUT2D eigenvalue weighted by Crippen LogP contribution is -2.45.